The zero-order valence-electron chi connectivity index (χ0n) is 11.7. The van der Waals surface area contributed by atoms with E-state index >= 15 is 0 Å². The topological polar surface area (TPSA) is 71.8 Å². The fraction of sp³-hybridized carbons (Fsp3) is 0.571. The van der Waals surface area contributed by atoms with Crippen molar-refractivity contribution in [3.63, 3.8) is 0 Å². The normalized spacial score (nSPS) is 15.2. The molecule has 1 aliphatic rings. The van der Waals surface area contributed by atoms with E-state index in [2.05, 4.69) is 10.1 Å². The average molecular weight is 280 g/mol. The molecule has 0 bridgehead atoms. The van der Waals surface area contributed by atoms with Crippen LogP contribution in [0.3, 0.4) is 0 Å². The Labute approximate surface area is 118 Å². The van der Waals surface area contributed by atoms with Gasteiger partial charge in [-0.05, 0) is 25.3 Å². The van der Waals surface area contributed by atoms with Crippen molar-refractivity contribution in [2.24, 2.45) is 0 Å². The Morgan fingerprint density at radius 3 is 2.80 bits per heavy atom. The lowest BCUT2D eigenvalue weighted by atomic mass is 10.1. The predicted octanol–water partition coefficient (Wildman–Crippen LogP) is 1.17. The van der Waals surface area contributed by atoms with Crippen LogP contribution in [0.15, 0.2) is 16.7 Å². The number of carbonyl (C=O) groups excluding carboxylic acids is 2. The molecule has 2 rings (SSSR count). The molecule has 0 radical (unpaired) electrons. The molecule has 1 fully saturated rings. The predicted molar refractivity (Wildman–Crippen MR) is 72.2 cm³/mol. The Kier molecular flexibility index (Phi) is 5.17. The van der Waals surface area contributed by atoms with Crippen molar-refractivity contribution in [1.29, 1.82) is 0 Å². The third kappa shape index (κ3) is 3.60. The van der Waals surface area contributed by atoms with Gasteiger partial charge in [0.15, 0.2) is 0 Å². The molecule has 6 nitrogen and oxygen atoms in total. The maximum Gasteiger partial charge on any atom is 0.374 e. The van der Waals surface area contributed by atoms with Crippen molar-refractivity contribution < 1.29 is 18.7 Å². The number of hydrogen-bond donors (Lipinski definition) is 1. The smallest absolute Gasteiger partial charge is 0.374 e. The summed E-state index contributed by atoms with van der Waals surface area (Å²) in [5, 5.41) is 3.05. The number of piperidine rings is 1. The first-order chi connectivity index (χ1) is 9.72. The maximum absolute atomic E-state index is 11.9. The molecular formula is C14H20N2O4. The third-order valence-corrected chi connectivity index (χ3v) is 3.42. The molecule has 0 spiro atoms. The zero-order valence-corrected chi connectivity index (χ0v) is 11.7. The lowest BCUT2D eigenvalue weighted by Crippen LogP contribution is -2.41. The molecule has 1 N–H and O–H groups in total. The summed E-state index contributed by atoms with van der Waals surface area (Å²) in [4.78, 5) is 25.3. The van der Waals surface area contributed by atoms with Crippen LogP contribution < -0.4 is 5.32 Å². The molecule has 1 aromatic heterocycles. The lowest BCUT2D eigenvalue weighted by Gasteiger charge is -2.26. The minimum absolute atomic E-state index is 0.104. The molecule has 0 unspecified atom stereocenters. The number of hydrogen-bond acceptors (Lipinski definition) is 5. The number of nitrogens with zero attached hydrogens (tertiary/aromatic N) is 1. The number of amides is 1. The molecule has 110 valence electrons. The first-order valence-corrected chi connectivity index (χ1v) is 6.85. The van der Waals surface area contributed by atoms with E-state index < -0.39 is 5.97 Å². The summed E-state index contributed by atoms with van der Waals surface area (Å²) in [6.45, 7) is 2.37. The van der Waals surface area contributed by atoms with Gasteiger partial charge >= 0.3 is 5.97 Å². The summed E-state index contributed by atoms with van der Waals surface area (Å²) in [6.07, 6.45) is 4.81. The summed E-state index contributed by atoms with van der Waals surface area (Å²) in [6, 6.07) is 1.70. The number of esters is 1. The van der Waals surface area contributed by atoms with Gasteiger partial charge < -0.3 is 19.4 Å². The summed E-state index contributed by atoms with van der Waals surface area (Å²) < 4.78 is 9.70. The Bertz CT molecular complexity index is 463. The van der Waals surface area contributed by atoms with E-state index in [1.165, 1.54) is 19.8 Å². The van der Waals surface area contributed by atoms with E-state index in [1.807, 2.05) is 4.90 Å². The van der Waals surface area contributed by atoms with Crippen LogP contribution in [0, 0.1) is 0 Å². The highest BCUT2D eigenvalue weighted by Gasteiger charge is 2.18. The number of likely N-dealkylation sites (tertiary alicyclic amines) is 1. The quantitative estimate of drug-likeness (QED) is 0.820. The van der Waals surface area contributed by atoms with Crippen LogP contribution in [-0.2, 0) is 16.1 Å². The molecule has 20 heavy (non-hydrogen) atoms. The summed E-state index contributed by atoms with van der Waals surface area (Å²) in [7, 11) is 1.31. The van der Waals surface area contributed by atoms with E-state index in [4.69, 9.17) is 4.42 Å². The van der Waals surface area contributed by atoms with Crippen molar-refractivity contribution in [3.8, 4) is 0 Å². The van der Waals surface area contributed by atoms with Crippen molar-refractivity contribution in [2.75, 3.05) is 26.7 Å². The number of nitrogens with one attached hydrogen (secondary N) is 1. The van der Waals surface area contributed by atoms with Crippen LogP contribution in [0.2, 0.25) is 0 Å². The number of furan rings is 1. The second-order valence-corrected chi connectivity index (χ2v) is 4.81. The Balaban J connectivity index is 1.79. The molecule has 1 aliphatic heterocycles. The summed E-state index contributed by atoms with van der Waals surface area (Å²) in [5.41, 5.74) is 0.697. The molecule has 6 heteroatoms. The van der Waals surface area contributed by atoms with Crippen LogP contribution in [0.5, 0.6) is 0 Å². The van der Waals surface area contributed by atoms with Gasteiger partial charge in [0.2, 0.25) is 11.7 Å². The van der Waals surface area contributed by atoms with Gasteiger partial charge in [-0.15, -0.1) is 0 Å². The van der Waals surface area contributed by atoms with Crippen LogP contribution in [0.25, 0.3) is 0 Å². The van der Waals surface area contributed by atoms with Gasteiger partial charge in [-0.25, -0.2) is 4.79 Å². The van der Waals surface area contributed by atoms with Crippen LogP contribution in [0.4, 0.5) is 0 Å². The Hall–Kier alpha value is -1.82. The van der Waals surface area contributed by atoms with E-state index in [0.29, 0.717) is 12.1 Å². The largest absolute Gasteiger partial charge is 0.463 e. The summed E-state index contributed by atoms with van der Waals surface area (Å²) in [5.74, 6) is -0.215. The van der Waals surface area contributed by atoms with Crippen molar-refractivity contribution >= 4 is 11.9 Å². The van der Waals surface area contributed by atoms with Gasteiger partial charge in [-0.3, -0.25) is 4.79 Å². The molecule has 1 amide bonds. The van der Waals surface area contributed by atoms with E-state index in [1.54, 1.807) is 6.07 Å². The number of methoxy groups -OCH3 is 1. The Morgan fingerprint density at radius 1 is 1.35 bits per heavy atom. The highest BCUT2D eigenvalue weighted by atomic mass is 16.5. The van der Waals surface area contributed by atoms with Crippen LogP contribution >= 0.6 is 0 Å². The SMILES string of the molecule is COC(=O)c1occc1CNCC(=O)N1CCCCC1. The van der Waals surface area contributed by atoms with E-state index in [9.17, 15) is 9.59 Å². The fourth-order valence-corrected chi connectivity index (χ4v) is 2.31. The fourth-order valence-electron chi connectivity index (χ4n) is 2.31. The molecule has 1 saturated heterocycles. The average Bonchev–Trinajstić information content (AvgIpc) is 2.95. The number of ether oxygens (including phenoxy) is 1. The molecule has 1 aromatic rings. The van der Waals surface area contributed by atoms with E-state index in [-0.39, 0.29) is 18.2 Å². The third-order valence-electron chi connectivity index (χ3n) is 3.42. The second-order valence-electron chi connectivity index (χ2n) is 4.81. The molecule has 0 atom stereocenters. The van der Waals surface area contributed by atoms with Crippen LogP contribution in [0.1, 0.15) is 35.4 Å². The molecule has 0 aromatic carbocycles. The van der Waals surface area contributed by atoms with Crippen LogP contribution in [-0.4, -0.2) is 43.5 Å². The first kappa shape index (κ1) is 14.6. The van der Waals surface area contributed by atoms with Crippen molar-refractivity contribution in [2.45, 2.75) is 25.8 Å². The second kappa shape index (κ2) is 7.09. The highest BCUT2D eigenvalue weighted by molar-refractivity contribution is 5.87. The van der Waals surface area contributed by atoms with Crippen molar-refractivity contribution in [3.05, 3.63) is 23.7 Å². The summed E-state index contributed by atoms with van der Waals surface area (Å²) >= 11 is 0. The van der Waals surface area contributed by atoms with Gasteiger partial charge in [0, 0.05) is 25.2 Å². The highest BCUT2D eigenvalue weighted by Crippen LogP contribution is 2.12. The molecule has 0 aliphatic carbocycles. The van der Waals surface area contributed by atoms with Gasteiger partial charge in [0.05, 0.1) is 19.9 Å². The van der Waals surface area contributed by atoms with Gasteiger partial charge in [0.25, 0.3) is 0 Å². The van der Waals surface area contributed by atoms with Gasteiger partial charge in [-0.1, -0.05) is 0 Å². The Morgan fingerprint density at radius 2 is 2.10 bits per heavy atom. The lowest BCUT2D eigenvalue weighted by molar-refractivity contribution is -0.131. The minimum Gasteiger partial charge on any atom is -0.463 e. The molecule has 2 heterocycles. The first-order valence-electron chi connectivity index (χ1n) is 6.85. The van der Waals surface area contributed by atoms with E-state index in [0.717, 1.165) is 25.9 Å². The van der Waals surface area contributed by atoms with Gasteiger partial charge in [0.1, 0.15) is 0 Å². The minimum atomic E-state index is -0.505. The number of rotatable bonds is 5. The van der Waals surface area contributed by atoms with Crippen molar-refractivity contribution in [1.82, 2.24) is 10.2 Å². The molecular weight excluding hydrogens is 260 g/mol. The molecule has 0 saturated carbocycles. The maximum atomic E-state index is 11.9. The standard InChI is InChI=1S/C14H20N2O4/c1-19-14(18)13-11(5-8-20-13)9-15-10-12(17)16-6-3-2-4-7-16/h5,8,15H,2-4,6-7,9-10H2,1H3. The van der Waals surface area contributed by atoms with Gasteiger partial charge in [-0.2, -0.15) is 0 Å². The monoisotopic (exact) mass is 280 g/mol. The number of carbonyl (C=O) groups is 2. The zero-order chi connectivity index (χ0) is 14.4.